The Morgan fingerprint density at radius 1 is 1.03 bits per heavy atom. The first kappa shape index (κ1) is 26.2. The van der Waals surface area contributed by atoms with Gasteiger partial charge >= 0.3 is 0 Å². The van der Waals surface area contributed by atoms with E-state index in [-0.39, 0.29) is 23.2 Å². The van der Waals surface area contributed by atoms with Crippen LogP contribution in [0.25, 0.3) is 22.2 Å². The molecule has 1 saturated heterocycles. The van der Waals surface area contributed by atoms with Gasteiger partial charge in [-0.15, -0.1) is 0 Å². The zero-order valence-electron chi connectivity index (χ0n) is 22.3. The first-order valence-corrected chi connectivity index (χ1v) is 13.2. The van der Waals surface area contributed by atoms with E-state index in [9.17, 15) is 8.78 Å². The van der Waals surface area contributed by atoms with Gasteiger partial charge in [0.25, 0.3) is 0 Å². The van der Waals surface area contributed by atoms with Gasteiger partial charge in [-0.2, -0.15) is 0 Å². The third kappa shape index (κ3) is 5.54. The molecule has 9 heteroatoms. The summed E-state index contributed by atoms with van der Waals surface area (Å²) >= 11 is 0. The number of halogens is 2. The summed E-state index contributed by atoms with van der Waals surface area (Å²) in [5.41, 5.74) is 2.57. The molecule has 1 fully saturated rings. The van der Waals surface area contributed by atoms with Crippen molar-refractivity contribution in [2.24, 2.45) is 0 Å². The van der Waals surface area contributed by atoms with Crippen LogP contribution in [0, 0.1) is 18.6 Å². The van der Waals surface area contributed by atoms with Gasteiger partial charge in [0.1, 0.15) is 28.8 Å². The van der Waals surface area contributed by atoms with Crippen molar-refractivity contribution in [1.82, 2.24) is 24.4 Å². The van der Waals surface area contributed by atoms with E-state index in [2.05, 4.69) is 32.1 Å². The van der Waals surface area contributed by atoms with E-state index < -0.39 is 11.6 Å². The summed E-state index contributed by atoms with van der Waals surface area (Å²) < 4.78 is 37.9. The predicted molar refractivity (Wildman–Crippen MR) is 145 cm³/mol. The SMILES string of the molecule is CCN1CCC(OCc2ccc(Nc3cc(-c4cc(F)c5nc(C)n(C(C)C)c5c4)c(F)cn3)nc2)CC1. The molecule has 0 amide bonds. The number of fused-ring (bicyclic) bond motifs is 1. The fourth-order valence-corrected chi connectivity index (χ4v) is 5.13. The summed E-state index contributed by atoms with van der Waals surface area (Å²) in [6.07, 6.45) is 5.29. The van der Waals surface area contributed by atoms with E-state index in [1.807, 2.05) is 37.5 Å². The molecule has 200 valence electrons. The number of anilines is 2. The number of aromatic nitrogens is 4. The van der Waals surface area contributed by atoms with Gasteiger partial charge in [0.15, 0.2) is 5.82 Å². The van der Waals surface area contributed by atoms with Gasteiger partial charge < -0.3 is 19.5 Å². The number of imidazole rings is 1. The van der Waals surface area contributed by atoms with Crippen LogP contribution in [0.15, 0.2) is 42.7 Å². The van der Waals surface area contributed by atoms with E-state index in [4.69, 9.17) is 4.74 Å². The average Bonchev–Trinajstić information content (AvgIpc) is 3.26. The Morgan fingerprint density at radius 3 is 2.47 bits per heavy atom. The molecule has 0 spiro atoms. The van der Waals surface area contributed by atoms with Gasteiger partial charge in [-0.1, -0.05) is 13.0 Å². The van der Waals surface area contributed by atoms with Gasteiger partial charge in [0.05, 0.1) is 24.4 Å². The van der Waals surface area contributed by atoms with Gasteiger partial charge in [-0.05, 0) is 75.5 Å². The molecule has 5 rings (SSSR count). The van der Waals surface area contributed by atoms with Crippen LogP contribution >= 0.6 is 0 Å². The van der Waals surface area contributed by atoms with Crippen LogP contribution in [0.1, 0.15) is 51.0 Å². The van der Waals surface area contributed by atoms with Gasteiger partial charge in [0, 0.05) is 30.9 Å². The van der Waals surface area contributed by atoms with Crippen LogP contribution in [0.5, 0.6) is 0 Å². The number of pyridine rings is 2. The van der Waals surface area contributed by atoms with E-state index in [0.717, 1.165) is 44.2 Å². The fraction of sp³-hybridized carbons (Fsp3) is 0.414. The Hall–Kier alpha value is -3.43. The maximum Gasteiger partial charge on any atom is 0.151 e. The minimum absolute atomic E-state index is 0.0858. The second-order valence-corrected chi connectivity index (χ2v) is 10.1. The van der Waals surface area contributed by atoms with Crippen LogP contribution in [0.3, 0.4) is 0 Å². The molecule has 1 N–H and O–H groups in total. The number of hydrogen-bond acceptors (Lipinski definition) is 6. The first-order chi connectivity index (χ1) is 18.3. The van der Waals surface area contributed by atoms with Crippen LogP contribution in [-0.4, -0.2) is 50.2 Å². The summed E-state index contributed by atoms with van der Waals surface area (Å²) in [5, 5.41) is 3.12. The summed E-state index contributed by atoms with van der Waals surface area (Å²) in [7, 11) is 0. The van der Waals surface area contributed by atoms with Crippen LogP contribution in [0.4, 0.5) is 20.4 Å². The first-order valence-electron chi connectivity index (χ1n) is 13.2. The largest absolute Gasteiger partial charge is 0.373 e. The molecule has 0 bridgehead atoms. The molecule has 1 aliphatic heterocycles. The van der Waals surface area contributed by atoms with Crippen molar-refractivity contribution in [2.75, 3.05) is 25.0 Å². The summed E-state index contributed by atoms with van der Waals surface area (Å²) in [6.45, 7) is 11.8. The third-order valence-electron chi connectivity index (χ3n) is 7.16. The molecular formula is C29H34F2N6O. The summed E-state index contributed by atoms with van der Waals surface area (Å²) in [5.74, 6) is 0.679. The topological polar surface area (TPSA) is 68.1 Å². The monoisotopic (exact) mass is 520 g/mol. The van der Waals surface area contributed by atoms with Gasteiger partial charge in [-0.3, -0.25) is 0 Å². The minimum Gasteiger partial charge on any atom is -0.373 e. The molecule has 0 aliphatic carbocycles. The lowest BCUT2D eigenvalue weighted by Gasteiger charge is -2.30. The highest BCUT2D eigenvalue weighted by Gasteiger charge is 2.19. The lowest BCUT2D eigenvalue weighted by Crippen LogP contribution is -2.36. The number of ether oxygens (including phenoxy) is 1. The van der Waals surface area contributed by atoms with E-state index in [0.29, 0.717) is 35.1 Å². The van der Waals surface area contributed by atoms with E-state index >= 15 is 0 Å². The number of rotatable bonds is 8. The lowest BCUT2D eigenvalue weighted by atomic mass is 10.0. The zero-order chi connectivity index (χ0) is 26.8. The molecule has 0 atom stereocenters. The van der Waals surface area contributed by atoms with Crippen LogP contribution in [0.2, 0.25) is 0 Å². The average molecular weight is 521 g/mol. The second-order valence-electron chi connectivity index (χ2n) is 10.1. The standard InChI is InChI=1S/C29H34F2N6O/c1-5-36-10-8-22(9-11-36)38-17-20-6-7-27(32-15-20)35-28-14-23(25(31)16-33-28)21-12-24(30)29-26(13-21)37(18(2)3)19(4)34-29/h6-7,12-16,18,22H,5,8-11,17H2,1-4H3,(H,32,33,35). The van der Waals surface area contributed by atoms with Crippen LogP contribution in [-0.2, 0) is 11.3 Å². The highest BCUT2D eigenvalue weighted by molar-refractivity contribution is 5.84. The number of piperidine rings is 1. The highest BCUT2D eigenvalue weighted by atomic mass is 19.1. The molecule has 0 radical (unpaired) electrons. The molecule has 1 aromatic carbocycles. The Bertz CT molecular complexity index is 1410. The van der Waals surface area contributed by atoms with Crippen molar-refractivity contribution in [3.63, 3.8) is 0 Å². The Balaban J connectivity index is 1.30. The molecule has 0 unspecified atom stereocenters. The van der Waals surface area contributed by atoms with Crippen molar-refractivity contribution in [3.8, 4) is 11.1 Å². The van der Waals surface area contributed by atoms with Crippen molar-refractivity contribution in [2.45, 2.75) is 59.3 Å². The van der Waals surface area contributed by atoms with E-state index in [1.165, 1.54) is 6.07 Å². The predicted octanol–water partition coefficient (Wildman–Crippen LogP) is 6.41. The number of nitrogens with one attached hydrogen (secondary N) is 1. The van der Waals surface area contributed by atoms with Crippen molar-refractivity contribution >= 4 is 22.7 Å². The fourth-order valence-electron chi connectivity index (χ4n) is 5.13. The molecular weight excluding hydrogens is 486 g/mol. The van der Waals surface area contributed by atoms with Crippen molar-refractivity contribution in [1.29, 1.82) is 0 Å². The van der Waals surface area contributed by atoms with Gasteiger partial charge in [-0.25, -0.2) is 23.7 Å². The number of nitrogens with zero attached hydrogens (tertiary/aromatic N) is 5. The molecule has 3 aromatic heterocycles. The Morgan fingerprint density at radius 2 is 1.79 bits per heavy atom. The van der Waals surface area contributed by atoms with Crippen molar-refractivity contribution in [3.05, 3.63) is 65.7 Å². The highest BCUT2D eigenvalue weighted by Crippen LogP contribution is 2.32. The number of benzene rings is 1. The third-order valence-corrected chi connectivity index (χ3v) is 7.16. The quantitative estimate of drug-likeness (QED) is 0.290. The maximum atomic E-state index is 15.0. The van der Waals surface area contributed by atoms with Crippen molar-refractivity contribution < 1.29 is 13.5 Å². The molecule has 4 aromatic rings. The summed E-state index contributed by atoms with van der Waals surface area (Å²) in [4.78, 5) is 15.4. The van der Waals surface area contributed by atoms with Gasteiger partial charge in [0.2, 0.25) is 0 Å². The minimum atomic E-state index is -0.535. The lowest BCUT2D eigenvalue weighted by molar-refractivity contribution is -0.00153. The van der Waals surface area contributed by atoms with E-state index in [1.54, 1.807) is 18.3 Å². The number of hydrogen-bond donors (Lipinski definition) is 1. The Kier molecular flexibility index (Phi) is 7.67. The maximum absolute atomic E-state index is 15.0. The Labute approximate surface area is 221 Å². The smallest absolute Gasteiger partial charge is 0.151 e. The molecule has 1 aliphatic rings. The zero-order valence-corrected chi connectivity index (χ0v) is 22.3. The molecule has 4 heterocycles. The molecule has 0 saturated carbocycles. The normalized spacial score (nSPS) is 15.0. The van der Waals surface area contributed by atoms with Crippen LogP contribution < -0.4 is 5.32 Å². The number of likely N-dealkylation sites (tertiary alicyclic amines) is 1. The number of aryl methyl sites for hydroxylation is 1. The second kappa shape index (κ2) is 11.1. The molecule has 7 nitrogen and oxygen atoms in total. The molecule has 38 heavy (non-hydrogen) atoms. The summed E-state index contributed by atoms with van der Waals surface area (Å²) in [6, 6.07) is 8.56.